The number of fused-ring (bicyclic) bond motifs is 1. The van der Waals surface area contributed by atoms with Crippen LogP contribution in [0.4, 0.5) is 4.39 Å². The summed E-state index contributed by atoms with van der Waals surface area (Å²) in [6.07, 6.45) is 1.21. The number of ketones is 1. The summed E-state index contributed by atoms with van der Waals surface area (Å²) in [4.78, 5) is 29.2. The average molecular weight is 375 g/mol. The van der Waals surface area contributed by atoms with Crippen molar-refractivity contribution in [1.82, 2.24) is 14.6 Å². The average Bonchev–Trinajstić information content (AvgIpc) is 3.11. The first-order valence-corrected chi connectivity index (χ1v) is 8.42. The van der Waals surface area contributed by atoms with Crippen LogP contribution in [0.15, 0.2) is 66.9 Å². The molecular weight excluding hydrogens is 361 g/mol. The van der Waals surface area contributed by atoms with Crippen LogP contribution in [0, 0.1) is 5.82 Å². The number of halogens is 1. The Bertz CT molecular complexity index is 1200. The number of methoxy groups -OCH3 is 1. The molecule has 4 rings (SSSR count). The summed E-state index contributed by atoms with van der Waals surface area (Å²) in [5.74, 6) is -1.54. The summed E-state index contributed by atoms with van der Waals surface area (Å²) in [6.45, 7) is 0. The number of pyridine rings is 2. The largest absolute Gasteiger partial charge is 0.464 e. The molecule has 0 saturated carbocycles. The van der Waals surface area contributed by atoms with Gasteiger partial charge in [-0.2, -0.15) is 5.10 Å². The van der Waals surface area contributed by atoms with Crippen LogP contribution in [-0.2, 0) is 4.74 Å². The third-order valence-electron chi connectivity index (χ3n) is 4.24. The van der Waals surface area contributed by atoms with Gasteiger partial charge in [0.1, 0.15) is 22.9 Å². The summed E-state index contributed by atoms with van der Waals surface area (Å²) in [7, 11) is 1.24. The third-order valence-corrected chi connectivity index (χ3v) is 4.24. The monoisotopic (exact) mass is 375 g/mol. The third kappa shape index (κ3) is 3.03. The molecule has 4 aromatic rings. The van der Waals surface area contributed by atoms with Crippen molar-refractivity contribution in [1.29, 1.82) is 0 Å². The van der Waals surface area contributed by atoms with E-state index in [1.807, 2.05) is 30.3 Å². The van der Waals surface area contributed by atoms with Gasteiger partial charge in [0.2, 0.25) is 5.78 Å². The molecule has 0 fully saturated rings. The van der Waals surface area contributed by atoms with Crippen LogP contribution in [0.5, 0.6) is 0 Å². The van der Waals surface area contributed by atoms with Crippen molar-refractivity contribution in [3.63, 3.8) is 0 Å². The van der Waals surface area contributed by atoms with Gasteiger partial charge in [-0.25, -0.2) is 18.7 Å². The van der Waals surface area contributed by atoms with Gasteiger partial charge >= 0.3 is 5.97 Å². The highest BCUT2D eigenvalue weighted by Gasteiger charge is 2.24. The number of aromatic nitrogens is 3. The molecule has 138 valence electrons. The number of carbonyl (C=O) groups is 2. The first-order valence-electron chi connectivity index (χ1n) is 8.42. The van der Waals surface area contributed by atoms with E-state index in [0.29, 0.717) is 16.8 Å². The molecule has 1 aromatic carbocycles. The van der Waals surface area contributed by atoms with E-state index >= 15 is 0 Å². The molecule has 0 aliphatic heterocycles. The van der Waals surface area contributed by atoms with Crippen LogP contribution < -0.4 is 0 Å². The lowest BCUT2D eigenvalue weighted by molar-refractivity contribution is 0.0594. The Morgan fingerprint density at radius 3 is 2.46 bits per heavy atom. The van der Waals surface area contributed by atoms with Crippen molar-refractivity contribution in [3.05, 3.63) is 89.6 Å². The quantitative estimate of drug-likeness (QED) is 0.403. The van der Waals surface area contributed by atoms with E-state index in [1.165, 1.54) is 42.1 Å². The molecule has 0 saturated heterocycles. The zero-order valence-electron chi connectivity index (χ0n) is 14.8. The normalized spacial score (nSPS) is 10.8. The van der Waals surface area contributed by atoms with Crippen molar-refractivity contribution >= 4 is 17.3 Å². The van der Waals surface area contributed by atoms with Crippen molar-refractivity contribution in [2.75, 3.05) is 7.11 Å². The van der Waals surface area contributed by atoms with Crippen LogP contribution in [0.1, 0.15) is 26.5 Å². The van der Waals surface area contributed by atoms with Crippen molar-refractivity contribution in [2.45, 2.75) is 0 Å². The second-order valence-electron chi connectivity index (χ2n) is 6.00. The van der Waals surface area contributed by atoms with E-state index < -0.39 is 17.6 Å². The number of esters is 1. The number of rotatable bonds is 4. The fourth-order valence-electron chi connectivity index (χ4n) is 2.95. The minimum absolute atomic E-state index is 0.0251. The Kier molecular flexibility index (Phi) is 4.41. The maximum absolute atomic E-state index is 13.7. The predicted octanol–water partition coefficient (Wildman–Crippen LogP) is 3.55. The number of carbonyl (C=O) groups excluding carboxylic acids is 2. The maximum atomic E-state index is 13.7. The van der Waals surface area contributed by atoms with Gasteiger partial charge in [-0.3, -0.25) is 4.79 Å². The summed E-state index contributed by atoms with van der Waals surface area (Å²) >= 11 is 0. The molecule has 0 spiro atoms. The summed E-state index contributed by atoms with van der Waals surface area (Å²) in [6, 6.07) is 16.4. The SMILES string of the molecule is COC(=O)c1cccc(C(=O)c2c(-c3ccccc3)nn3cc(F)ccc23)n1. The molecule has 3 aromatic heterocycles. The number of benzene rings is 1. The van der Waals surface area contributed by atoms with E-state index in [9.17, 15) is 14.0 Å². The fraction of sp³-hybridized carbons (Fsp3) is 0.0476. The Morgan fingerprint density at radius 1 is 0.964 bits per heavy atom. The number of nitrogens with zero attached hydrogens (tertiary/aromatic N) is 3. The van der Waals surface area contributed by atoms with E-state index in [4.69, 9.17) is 0 Å². The van der Waals surface area contributed by atoms with Gasteiger partial charge in [-0.15, -0.1) is 0 Å². The van der Waals surface area contributed by atoms with Crippen molar-refractivity contribution < 1.29 is 18.7 Å². The van der Waals surface area contributed by atoms with Crippen molar-refractivity contribution in [2.24, 2.45) is 0 Å². The van der Waals surface area contributed by atoms with E-state index in [0.717, 1.165) is 0 Å². The molecule has 3 heterocycles. The van der Waals surface area contributed by atoms with Gasteiger partial charge in [-0.1, -0.05) is 36.4 Å². The molecule has 0 amide bonds. The Balaban J connectivity index is 1.92. The maximum Gasteiger partial charge on any atom is 0.356 e. The van der Waals surface area contributed by atoms with Crippen LogP contribution in [-0.4, -0.2) is 33.5 Å². The summed E-state index contributed by atoms with van der Waals surface area (Å²) in [5, 5.41) is 4.40. The van der Waals surface area contributed by atoms with Gasteiger partial charge in [0.15, 0.2) is 0 Å². The van der Waals surface area contributed by atoms with E-state index in [1.54, 1.807) is 6.07 Å². The standard InChI is InChI=1S/C21H14FN3O3/c1-28-21(27)16-9-5-8-15(23-16)20(26)18-17-11-10-14(22)12-25(17)24-19(18)13-6-3-2-4-7-13/h2-12H,1H3. The molecule has 0 aliphatic rings. The lowest BCUT2D eigenvalue weighted by atomic mass is 10.0. The highest BCUT2D eigenvalue weighted by atomic mass is 19.1. The van der Waals surface area contributed by atoms with E-state index in [-0.39, 0.29) is 17.0 Å². The molecule has 0 aliphatic carbocycles. The molecule has 0 N–H and O–H groups in total. The summed E-state index contributed by atoms with van der Waals surface area (Å²) < 4.78 is 19.7. The van der Waals surface area contributed by atoms with Crippen LogP contribution >= 0.6 is 0 Å². The predicted molar refractivity (Wildman–Crippen MR) is 99.6 cm³/mol. The fourth-order valence-corrected chi connectivity index (χ4v) is 2.95. The smallest absolute Gasteiger partial charge is 0.356 e. The topological polar surface area (TPSA) is 73.6 Å². The highest BCUT2D eigenvalue weighted by molar-refractivity contribution is 6.16. The lowest BCUT2D eigenvalue weighted by Crippen LogP contribution is -2.10. The van der Waals surface area contributed by atoms with Gasteiger partial charge in [0.25, 0.3) is 0 Å². The van der Waals surface area contributed by atoms with Gasteiger partial charge in [0, 0.05) is 5.56 Å². The first kappa shape index (κ1) is 17.5. The Morgan fingerprint density at radius 2 is 1.71 bits per heavy atom. The summed E-state index contributed by atoms with van der Waals surface area (Å²) in [5.41, 5.74) is 1.92. The zero-order valence-corrected chi connectivity index (χ0v) is 14.8. The minimum atomic E-state index is -0.639. The van der Waals surface area contributed by atoms with Gasteiger partial charge in [0.05, 0.1) is 24.4 Å². The molecule has 0 bridgehead atoms. The second-order valence-corrected chi connectivity index (χ2v) is 6.00. The lowest BCUT2D eigenvalue weighted by Gasteiger charge is -2.04. The molecule has 7 heteroatoms. The molecule has 0 radical (unpaired) electrons. The van der Waals surface area contributed by atoms with E-state index in [2.05, 4.69) is 14.8 Å². The van der Waals surface area contributed by atoms with Crippen LogP contribution in [0.3, 0.4) is 0 Å². The van der Waals surface area contributed by atoms with Gasteiger partial charge < -0.3 is 4.74 Å². The first-order chi connectivity index (χ1) is 13.6. The Hall–Kier alpha value is -3.87. The van der Waals surface area contributed by atoms with Crippen LogP contribution in [0.25, 0.3) is 16.8 Å². The van der Waals surface area contributed by atoms with Gasteiger partial charge in [-0.05, 0) is 24.3 Å². The number of hydrogen-bond acceptors (Lipinski definition) is 5. The minimum Gasteiger partial charge on any atom is -0.464 e. The number of hydrogen-bond donors (Lipinski definition) is 0. The molecule has 0 unspecified atom stereocenters. The molecular formula is C21H14FN3O3. The second kappa shape index (κ2) is 7.03. The number of ether oxygens (including phenoxy) is 1. The zero-order chi connectivity index (χ0) is 19.7. The van der Waals surface area contributed by atoms with Crippen molar-refractivity contribution in [3.8, 4) is 11.3 Å². The Labute approximate surface area is 159 Å². The molecule has 6 nitrogen and oxygen atoms in total. The molecule has 28 heavy (non-hydrogen) atoms. The molecule has 0 atom stereocenters. The van der Waals surface area contributed by atoms with Crippen LogP contribution in [0.2, 0.25) is 0 Å². The highest BCUT2D eigenvalue weighted by Crippen LogP contribution is 2.28.